The van der Waals surface area contributed by atoms with Crippen LogP contribution in [0.4, 0.5) is 0 Å². The molecule has 0 spiro atoms. The van der Waals surface area contributed by atoms with Crippen molar-refractivity contribution in [3.05, 3.63) is 0 Å². The number of hydrogen-bond donors (Lipinski definition) is 7. The van der Waals surface area contributed by atoms with Crippen molar-refractivity contribution in [2.75, 3.05) is 6.54 Å². The fourth-order valence-electron chi connectivity index (χ4n) is 2.68. The molecule has 0 aromatic heterocycles. The quantitative estimate of drug-likeness (QED) is 0.109. The summed E-state index contributed by atoms with van der Waals surface area (Å²) in [6, 6.07) is -4.74. The maximum Gasteiger partial charge on any atom is 0.325 e. The van der Waals surface area contributed by atoms with Crippen molar-refractivity contribution in [2.24, 2.45) is 11.5 Å². The summed E-state index contributed by atoms with van der Waals surface area (Å²) < 4.78 is 5.13. The number of rotatable bonds is 15. The molecule has 0 bridgehead atoms. The van der Waals surface area contributed by atoms with Gasteiger partial charge in [-0.25, -0.2) is 0 Å². The molecule has 37 heavy (non-hydrogen) atoms. The lowest BCUT2D eigenvalue weighted by molar-refractivity contribution is -0.155. The topological polar surface area (TPSA) is 249 Å². The van der Waals surface area contributed by atoms with Crippen molar-refractivity contribution in [3.8, 4) is 0 Å². The highest BCUT2D eigenvalue weighted by Crippen LogP contribution is 2.09. The highest BCUT2D eigenvalue weighted by molar-refractivity contribution is 5.94. The zero-order chi connectivity index (χ0) is 28.9. The van der Waals surface area contributed by atoms with Crippen molar-refractivity contribution < 1.29 is 43.4 Å². The Hall–Kier alpha value is -3.75. The molecule has 0 aliphatic rings. The average Bonchev–Trinajstić information content (AvgIpc) is 2.76. The van der Waals surface area contributed by atoms with Crippen molar-refractivity contribution >= 4 is 41.5 Å². The molecule has 15 nitrogen and oxygen atoms in total. The Balaban J connectivity index is 4.89. The first-order valence-corrected chi connectivity index (χ1v) is 11.6. The molecule has 15 heteroatoms. The number of esters is 1. The van der Waals surface area contributed by atoms with Gasteiger partial charge in [0.25, 0.3) is 0 Å². The molecule has 0 saturated carbocycles. The lowest BCUT2D eigenvalue weighted by Gasteiger charge is -2.22. The number of aliphatic carboxylic acids is 1. The molecule has 5 amide bonds. The van der Waals surface area contributed by atoms with E-state index in [1.165, 1.54) is 13.8 Å². The predicted octanol–water partition coefficient (Wildman–Crippen LogP) is -2.60. The Morgan fingerprint density at radius 3 is 1.92 bits per heavy atom. The maximum atomic E-state index is 12.6. The van der Waals surface area contributed by atoms with E-state index in [4.69, 9.17) is 21.3 Å². The van der Waals surface area contributed by atoms with Gasteiger partial charge in [-0.1, -0.05) is 0 Å². The van der Waals surface area contributed by atoms with Gasteiger partial charge in [-0.3, -0.25) is 33.6 Å². The van der Waals surface area contributed by atoms with Crippen LogP contribution in [0.5, 0.6) is 0 Å². The van der Waals surface area contributed by atoms with Gasteiger partial charge in [0.2, 0.25) is 29.5 Å². The molecule has 0 saturated heterocycles. The number of carbonyl (C=O) groups excluding carboxylic acids is 6. The highest BCUT2D eigenvalue weighted by atomic mass is 16.6. The van der Waals surface area contributed by atoms with Crippen LogP contribution in [-0.2, 0) is 38.3 Å². The normalized spacial score (nSPS) is 14.2. The van der Waals surface area contributed by atoms with E-state index in [0.717, 1.165) is 0 Å². The van der Waals surface area contributed by atoms with Crippen LogP contribution in [-0.4, -0.2) is 82.9 Å². The zero-order valence-corrected chi connectivity index (χ0v) is 21.7. The summed E-state index contributed by atoms with van der Waals surface area (Å²) >= 11 is 0. The second-order valence-corrected chi connectivity index (χ2v) is 9.37. The summed E-state index contributed by atoms with van der Waals surface area (Å²) in [5.41, 5.74) is 10.2. The van der Waals surface area contributed by atoms with E-state index in [2.05, 4.69) is 21.3 Å². The summed E-state index contributed by atoms with van der Waals surface area (Å²) in [6.45, 7) is 7.06. The third kappa shape index (κ3) is 15.1. The fourth-order valence-corrected chi connectivity index (χ4v) is 2.68. The molecule has 0 fully saturated rings. The third-order valence-corrected chi connectivity index (χ3v) is 4.65. The minimum absolute atomic E-state index is 0.0214. The summed E-state index contributed by atoms with van der Waals surface area (Å²) in [5, 5.41) is 18.0. The Kier molecular flexibility index (Phi) is 13.8. The molecule has 210 valence electrons. The van der Waals surface area contributed by atoms with E-state index >= 15 is 0 Å². The molecular formula is C22H38N6O9. The highest BCUT2D eigenvalue weighted by Gasteiger charge is 2.27. The Morgan fingerprint density at radius 2 is 1.41 bits per heavy atom. The van der Waals surface area contributed by atoms with Crippen LogP contribution in [0, 0.1) is 0 Å². The van der Waals surface area contributed by atoms with E-state index in [1.54, 1.807) is 20.8 Å². The van der Waals surface area contributed by atoms with Crippen LogP contribution in [0.2, 0.25) is 0 Å². The van der Waals surface area contributed by atoms with E-state index in [0.29, 0.717) is 0 Å². The second kappa shape index (κ2) is 15.4. The minimum atomic E-state index is -1.29. The van der Waals surface area contributed by atoms with Crippen molar-refractivity contribution in [1.82, 2.24) is 21.3 Å². The molecule has 0 heterocycles. The number of carbonyl (C=O) groups is 7. The van der Waals surface area contributed by atoms with Crippen LogP contribution < -0.4 is 32.7 Å². The van der Waals surface area contributed by atoms with Crippen LogP contribution in [0.1, 0.15) is 60.3 Å². The van der Waals surface area contributed by atoms with Gasteiger partial charge in [0.1, 0.15) is 23.7 Å². The van der Waals surface area contributed by atoms with Gasteiger partial charge in [-0.05, 0) is 47.5 Å². The maximum absolute atomic E-state index is 12.6. The monoisotopic (exact) mass is 530 g/mol. The molecule has 0 aliphatic carbocycles. The minimum Gasteiger partial charge on any atom is -0.480 e. The van der Waals surface area contributed by atoms with Gasteiger partial charge >= 0.3 is 11.9 Å². The van der Waals surface area contributed by atoms with E-state index < -0.39 is 77.8 Å². The van der Waals surface area contributed by atoms with E-state index in [-0.39, 0.29) is 25.7 Å². The standard InChI is InChI=1S/C22H38N6O9/c1-11(18(32)27-12(2)21(35)36)26-20(34)14(7-8-15(24)29)28-16(30)10-25-19(33)13(23)6-9-17(31)37-22(3,4)5/h11-14H,6-10,23H2,1-5H3,(H2,24,29)(H,25,33)(H,26,34)(H,27,32)(H,28,30)(H,35,36)/t11-,12-,13-,14-/m0/s1. The molecule has 0 aromatic carbocycles. The first kappa shape index (κ1) is 33.2. The average molecular weight is 531 g/mol. The predicted molar refractivity (Wildman–Crippen MR) is 129 cm³/mol. The second-order valence-electron chi connectivity index (χ2n) is 9.37. The van der Waals surface area contributed by atoms with Crippen LogP contribution in [0.15, 0.2) is 0 Å². The van der Waals surface area contributed by atoms with Gasteiger partial charge in [0.05, 0.1) is 12.6 Å². The molecule has 0 rings (SSSR count). The van der Waals surface area contributed by atoms with Crippen molar-refractivity contribution in [1.29, 1.82) is 0 Å². The number of primary amides is 1. The smallest absolute Gasteiger partial charge is 0.325 e. The van der Waals surface area contributed by atoms with Crippen LogP contribution >= 0.6 is 0 Å². The molecule has 0 aromatic rings. The number of carboxylic acid groups (broad SMARTS) is 1. The van der Waals surface area contributed by atoms with Crippen LogP contribution in [0.3, 0.4) is 0 Å². The van der Waals surface area contributed by atoms with Gasteiger partial charge in [0.15, 0.2) is 0 Å². The third-order valence-electron chi connectivity index (χ3n) is 4.65. The first-order chi connectivity index (χ1) is 16.9. The van der Waals surface area contributed by atoms with Gasteiger partial charge in [-0.2, -0.15) is 0 Å². The van der Waals surface area contributed by atoms with Crippen molar-refractivity contribution in [3.63, 3.8) is 0 Å². The number of hydrogen-bond acceptors (Lipinski definition) is 9. The molecule has 0 aliphatic heterocycles. The summed E-state index contributed by atoms with van der Waals surface area (Å²) in [5.74, 6) is -5.67. The van der Waals surface area contributed by atoms with Crippen LogP contribution in [0.25, 0.3) is 0 Å². The number of nitrogens with one attached hydrogen (secondary N) is 4. The molecule has 0 radical (unpaired) electrons. The molecule has 0 unspecified atom stereocenters. The van der Waals surface area contributed by atoms with E-state index in [1.807, 2.05) is 0 Å². The number of carboxylic acids is 1. The van der Waals surface area contributed by atoms with Gasteiger partial charge in [-0.15, -0.1) is 0 Å². The summed E-state index contributed by atoms with van der Waals surface area (Å²) in [6.07, 6.45) is -0.593. The Morgan fingerprint density at radius 1 is 0.838 bits per heavy atom. The Bertz CT molecular complexity index is 871. The largest absolute Gasteiger partial charge is 0.480 e. The van der Waals surface area contributed by atoms with Gasteiger partial charge in [0, 0.05) is 12.8 Å². The number of amides is 5. The lowest BCUT2D eigenvalue weighted by Crippen LogP contribution is -2.55. The number of ether oxygens (including phenoxy) is 1. The lowest BCUT2D eigenvalue weighted by atomic mass is 10.1. The SMILES string of the molecule is C[C@H](NC(=O)[C@H](C)NC(=O)[C@H](CCC(N)=O)NC(=O)CNC(=O)[C@@H](N)CCC(=O)OC(C)(C)C)C(=O)O. The summed E-state index contributed by atoms with van der Waals surface area (Å²) in [4.78, 5) is 82.9. The summed E-state index contributed by atoms with van der Waals surface area (Å²) in [7, 11) is 0. The fraction of sp³-hybridized carbons (Fsp3) is 0.682. The van der Waals surface area contributed by atoms with Crippen molar-refractivity contribution in [2.45, 2.75) is 90.1 Å². The van der Waals surface area contributed by atoms with E-state index in [9.17, 15) is 33.6 Å². The zero-order valence-electron chi connectivity index (χ0n) is 21.7. The molecular weight excluding hydrogens is 492 g/mol. The molecule has 9 N–H and O–H groups in total. The Labute approximate surface area is 214 Å². The van der Waals surface area contributed by atoms with Gasteiger partial charge < -0.3 is 42.6 Å². The number of nitrogens with two attached hydrogens (primary N) is 2. The first-order valence-electron chi connectivity index (χ1n) is 11.6. The molecule has 4 atom stereocenters.